The van der Waals surface area contributed by atoms with E-state index in [1.54, 1.807) is 0 Å². The van der Waals surface area contributed by atoms with Gasteiger partial charge in [0.15, 0.2) is 5.96 Å². The zero-order valence-corrected chi connectivity index (χ0v) is 16.3. The summed E-state index contributed by atoms with van der Waals surface area (Å²) in [5.74, 6) is 1.98. The number of hydrogen-bond acceptors (Lipinski definition) is 2. The van der Waals surface area contributed by atoms with Gasteiger partial charge in [-0.3, -0.25) is 4.99 Å². The SMILES string of the molecule is CCNC(=NCCC1CCN(CC)CC1)N1CC(C)(C)C1(C)C. The monoisotopic (exact) mass is 322 g/mol. The predicted octanol–water partition coefficient (Wildman–Crippen LogP) is 3.19. The quantitative estimate of drug-likeness (QED) is 0.623. The summed E-state index contributed by atoms with van der Waals surface area (Å²) in [5, 5.41) is 3.50. The molecule has 4 heteroatoms. The van der Waals surface area contributed by atoms with Crippen molar-refractivity contribution in [2.24, 2.45) is 16.3 Å². The molecule has 0 unspecified atom stereocenters. The molecule has 0 aromatic rings. The van der Waals surface area contributed by atoms with E-state index in [0.717, 1.165) is 31.5 Å². The van der Waals surface area contributed by atoms with Crippen molar-refractivity contribution >= 4 is 5.96 Å². The van der Waals surface area contributed by atoms with Crippen LogP contribution in [0.5, 0.6) is 0 Å². The number of hydrogen-bond donors (Lipinski definition) is 1. The lowest BCUT2D eigenvalue weighted by atomic mass is 9.65. The van der Waals surface area contributed by atoms with Crippen molar-refractivity contribution in [2.75, 3.05) is 39.3 Å². The predicted molar refractivity (Wildman–Crippen MR) is 100.0 cm³/mol. The first-order valence-electron chi connectivity index (χ1n) is 9.60. The highest BCUT2D eigenvalue weighted by atomic mass is 15.4. The van der Waals surface area contributed by atoms with Crippen LogP contribution < -0.4 is 5.32 Å². The molecule has 0 aromatic carbocycles. The van der Waals surface area contributed by atoms with Crippen LogP contribution in [0.25, 0.3) is 0 Å². The Morgan fingerprint density at radius 1 is 1.13 bits per heavy atom. The fraction of sp³-hybridized carbons (Fsp3) is 0.947. The van der Waals surface area contributed by atoms with Gasteiger partial charge in [-0.05, 0) is 65.6 Å². The van der Waals surface area contributed by atoms with Crippen LogP contribution in [0.3, 0.4) is 0 Å². The lowest BCUT2D eigenvalue weighted by Gasteiger charge is -2.62. The van der Waals surface area contributed by atoms with Crippen LogP contribution in [0.1, 0.15) is 60.8 Å². The molecular formula is C19H38N4. The van der Waals surface area contributed by atoms with Gasteiger partial charge >= 0.3 is 0 Å². The molecule has 0 aliphatic carbocycles. The summed E-state index contributed by atoms with van der Waals surface area (Å²) in [6, 6.07) is 0. The second kappa shape index (κ2) is 7.42. The van der Waals surface area contributed by atoms with Gasteiger partial charge in [-0.25, -0.2) is 0 Å². The Labute approximate surface area is 143 Å². The third kappa shape index (κ3) is 4.01. The third-order valence-corrected chi connectivity index (χ3v) is 6.43. The summed E-state index contributed by atoms with van der Waals surface area (Å²) >= 11 is 0. The van der Waals surface area contributed by atoms with E-state index in [2.05, 4.69) is 56.7 Å². The highest BCUT2D eigenvalue weighted by Gasteiger charge is 2.53. The molecular weight excluding hydrogens is 284 g/mol. The molecule has 2 heterocycles. The Balaban J connectivity index is 1.86. The van der Waals surface area contributed by atoms with E-state index >= 15 is 0 Å². The molecule has 0 saturated carbocycles. The first-order chi connectivity index (χ1) is 10.8. The lowest BCUT2D eigenvalue weighted by molar-refractivity contribution is -0.0667. The van der Waals surface area contributed by atoms with E-state index in [4.69, 9.17) is 4.99 Å². The second-order valence-electron chi connectivity index (χ2n) is 8.43. The molecule has 2 fully saturated rings. The number of rotatable bonds is 5. The average molecular weight is 323 g/mol. The maximum atomic E-state index is 4.95. The summed E-state index contributed by atoms with van der Waals surface area (Å²) in [6.45, 7) is 20.6. The van der Waals surface area contributed by atoms with Crippen LogP contribution in [0, 0.1) is 11.3 Å². The minimum absolute atomic E-state index is 0.181. The number of likely N-dealkylation sites (tertiary alicyclic amines) is 2. The molecule has 2 aliphatic rings. The lowest BCUT2D eigenvalue weighted by Crippen LogP contribution is -2.72. The Bertz CT molecular complexity index is 406. The average Bonchev–Trinajstić information content (AvgIpc) is 2.52. The Hall–Kier alpha value is -0.770. The topological polar surface area (TPSA) is 30.9 Å². The molecule has 4 nitrogen and oxygen atoms in total. The maximum absolute atomic E-state index is 4.95. The van der Waals surface area contributed by atoms with Crippen LogP contribution in [0.2, 0.25) is 0 Å². The molecule has 2 saturated heterocycles. The van der Waals surface area contributed by atoms with E-state index in [0.29, 0.717) is 5.41 Å². The zero-order chi connectivity index (χ0) is 17.1. The van der Waals surface area contributed by atoms with Gasteiger partial charge in [-0.1, -0.05) is 20.8 Å². The number of guanidine groups is 1. The molecule has 2 rings (SSSR count). The Morgan fingerprint density at radius 3 is 2.26 bits per heavy atom. The molecule has 0 atom stereocenters. The van der Waals surface area contributed by atoms with Crippen molar-refractivity contribution in [1.82, 2.24) is 15.1 Å². The van der Waals surface area contributed by atoms with Gasteiger partial charge in [0.2, 0.25) is 0 Å². The molecule has 2 aliphatic heterocycles. The third-order valence-electron chi connectivity index (χ3n) is 6.43. The summed E-state index contributed by atoms with van der Waals surface area (Å²) in [7, 11) is 0. The van der Waals surface area contributed by atoms with E-state index in [1.807, 2.05) is 0 Å². The minimum atomic E-state index is 0.181. The highest BCUT2D eigenvalue weighted by Crippen LogP contribution is 2.46. The summed E-state index contributed by atoms with van der Waals surface area (Å²) < 4.78 is 0. The van der Waals surface area contributed by atoms with Crippen LogP contribution in [-0.2, 0) is 0 Å². The van der Waals surface area contributed by atoms with Crippen LogP contribution >= 0.6 is 0 Å². The largest absolute Gasteiger partial charge is 0.356 e. The van der Waals surface area contributed by atoms with Gasteiger partial charge in [0.05, 0.1) is 0 Å². The van der Waals surface area contributed by atoms with Crippen LogP contribution in [0.15, 0.2) is 4.99 Å². The minimum Gasteiger partial charge on any atom is -0.356 e. The van der Waals surface area contributed by atoms with Crippen molar-refractivity contribution < 1.29 is 0 Å². The molecule has 134 valence electrons. The molecule has 23 heavy (non-hydrogen) atoms. The number of nitrogens with one attached hydrogen (secondary N) is 1. The Morgan fingerprint density at radius 2 is 1.78 bits per heavy atom. The van der Waals surface area contributed by atoms with Crippen molar-refractivity contribution in [3.63, 3.8) is 0 Å². The van der Waals surface area contributed by atoms with Crippen molar-refractivity contribution in [3.8, 4) is 0 Å². The van der Waals surface area contributed by atoms with Crippen LogP contribution in [0.4, 0.5) is 0 Å². The number of nitrogens with zero attached hydrogens (tertiary/aromatic N) is 3. The summed E-state index contributed by atoms with van der Waals surface area (Å²) in [6.07, 6.45) is 3.94. The van der Waals surface area contributed by atoms with Gasteiger partial charge in [-0.15, -0.1) is 0 Å². The van der Waals surface area contributed by atoms with Crippen LogP contribution in [-0.4, -0.2) is 60.6 Å². The molecule has 0 radical (unpaired) electrons. The number of piperidine rings is 1. The molecule has 1 N–H and O–H groups in total. The summed E-state index contributed by atoms with van der Waals surface area (Å²) in [4.78, 5) is 9.97. The van der Waals surface area contributed by atoms with Gasteiger partial charge in [0.25, 0.3) is 0 Å². The molecule has 0 spiro atoms. The number of aliphatic imine (C=N–C) groups is 1. The summed E-state index contributed by atoms with van der Waals surface area (Å²) in [5.41, 5.74) is 0.538. The van der Waals surface area contributed by atoms with E-state index < -0.39 is 0 Å². The van der Waals surface area contributed by atoms with Gasteiger partial charge in [0.1, 0.15) is 0 Å². The van der Waals surface area contributed by atoms with E-state index in [9.17, 15) is 0 Å². The Kier molecular flexibility index (Phi) is 5.99. The van der Waals surface area contributed by atoms with Gasteiger partial charge in [0, 0.05) is 30.6 Å². The van der Waals surface area contributed by atoms with Crippen molar-refractivity contribution in [1.29, 1.82) is 0 Å². The normalized spacial score (nSPS) is 25.3. The van der Waals surface area contributed by atoms with Crippen molar-refractivity contribution in [2.45, 2.75) is 66.3 Å². The molecule has 0 bridgehead atoms. The van der Waals surface area contributed by atoms with Crippen molar-refractivity contribution in [3.05, 3.63) is 0 Å². The zero-order valence-electron chi connectivity index (χ0n) is 16.3. The standard InChI is InChI=1S/C19H38N4/c1-7-20-17(23-15-18(3,4)19(23,5)6)21-12-9-16-10-13-22(8-2)14-11-16/h16H,7-15H2,1-6H3,(H,20,21). The van der Waals surface area contributed by atoms with E-state index in [1.165, 1.54) is 38.9 Å². The van der Waals surface area contributed by atoms with Gasteiger partial charge < -0.3 is 15.1 Å². The van der Waals surface area contributed by atoms with E-state index in [-0.39, 0.29) is 5.54 Å². The molecule has 0 amide bonds. The van der Waals surface area contributed by atoms with Gasteiger partial charge in [-0.2, -0.15) is 0 Å². The first kappa shape index (κ1) is 18.6. The highest BCUT2D eigenvalue weighted by molar-refractivity contribution is 5.82. The first-order valence-corrected chi connectivity index (χ1v) is 9.60. The molecule has 0 aromatic heterocycles. The fourth-order valence-electron chi connectivity index (χ4n) is 3.74. The maximum Gasteiger partial charge on any atom is 0.194 e. The second-order valence-corrected chi connectivity index (χ2v) is 8.43. The fourth-order valence-corrected chi connectivity index (χ4v) is 3.74. The smallest absolute Gasteiger partial charge is 0.194 e.